The molecule has 88 valence electrons. The topological polar surface area (TPSA) is 83.8 Å². The molecule has 17 heavy (non-hydrogen) atoms. The van der Waals surface area contributed by atoms with E-state index in [1.807, 2.05) is 0 Å². The molecule has 5 nitrogen and oxygen atoms in total. The Labute approximate surface area is 107 Å². The van der Waals surface area contributed by atoms with Crippen LogP contribution < -0.4 is 11.1 Å². The van der Waals surface area contributed by atoms with E-state index in [9.17, 15) is 4.79 Å². The Morgan fingerprint density at radius 2 is 2.35 bits per heavy atom. The summed E-state index contributed by atoms with van der Waals surface area (Å²) >= 11 is 3.31. The van der Waals surface area contributed by atoms with Gasteiger partial charge in [0.15, 0.2) is 0 Å². The van der Waals surface area contributed by atoms with E-state index in [1.54, 1.807) is 30.7 Å². The fourth-order valence-corrected chi connectivity index (χ4v) is 1.80. The highest BCUT2D eigenvalue weighted by Crippen LogP contribution is 2.19. The van der Waals surface area contributed by atoms with Gasteiger partial charge in [-0.2, -0.15) is 0 Å². The number of halogens is 1. The molecule has 1 aromatic heterocycles. The van der Waals surface area contributed by atoms with Gasteiger partial charge >= 0.3 is 0 Å². The SMILES string of the molecule is Nc1ccc(Br)c(C(=O)NCc2cnc[nH]2)c1. The first-order valence-electron chi connectivity index (χ1n) is 4.97. The zero-order chi connectivity index (χ0) is 12.3. The number of nitrogens with zero attached hydrogens (tertiary/aromatic N) is 1. The normalized spacial score (nSPS) is 10.2. The quantitative estimate of drug-likeness (QED) is 0.753. The monoisotopic (exact) mass is 294 g/mol. The van der Waals surface area contributed by atoms with Crippen molar-refractivity contribution in [3.63, 3.8) is 0 Å². The van der Waals surface area contributed by atoms with Crippen molar-refractivity contribution >= 4 is 27.5 Å². The van der Waals surface area contributed by atoms with E-state index in [-0.39, 0.29) is 5.91 Å². The number of hydrogen-bond donors (Lipinski definition) is 3. The summed E-state index contributed by atoms with van der Waals surface area (Å²) in [6.07, 6.45) is 3.23. The average molecular weight is 295 g/mol. The maximum atomic E-state index is 11.9. The predicted octanol–water partition coefficient (Wildman–Crippen LogP) is 1.68. The van der Waals surface area contributed by atoms with Crippen LogP contribution in [-0.4, -0.2) is 15.9 Å². The van der Waals surface area contributed by atoms with Crippen molar-refractivity contribution in [3.8, 4) is 0 Å². The first-order chi connectivity index (χ1) is 8.16. The molecule has 1 heterocycles. The molecule has 0 unspecified atom stereocenters. The van der Waals surface area contributed by atoms with Crippen LogP contribution in [0.5, 0.6) is 0 Å². The van der Waals surface area contributed by atoms with Gasteiger partial charge in [-0.05, 0) is 34.1 Å². The lowest BCUT2D eigenvalue weighted by Crippen LogP contribution is -2.23. The van der Waals surface area contributed by atoms with Gasteiger partial charge < -0.3 is 16.0 Å². The van der Waals surface area contributed by atoms with Crippen LogP contribution in [0.4, 0.5) is 5.69 Å². The third kappa shape index (κ3) is 2.85. The molecule has 1 aromatic carbocycles. The van der Waals surface area contributed by atoms with Crippen molar-refractivity contribution in [3.05, 3.63) is 46.5 Å². The summed E-state index contributed by atoms with van der Waals surface area (Å²) in [6.45, 7) is 0.403. The number of nitrogens with two attached hydrogens (primary N) is 1. The number of carbonyl (C=O) groups is 1. The number of nitrogens with one attached hydrogen (secondary N) is 2. The van der Waals surface area contributed by atoms with E-state index in [4.69, 9.17) is 5.73 Å². The number of benzene rings is 1. The molecule has 4 N–H and O–H groups in total. The number of hydrogen-bond acceptors (Lipinski definition) is 3. The van der Waals surface area contributed by atoms with Gasteiger partial charge in [0.05, 0.1) is 24.1 Å². The summed E-state index contributed by atoms with van der Waals surface area (Å²) < 4.78 is 0.716. The fraction of sp³-hybridized carbons (Fsp3) is 0.0909. The second-order valence-electron chi connectivity index (χ2n) is 3.50. The van der Waals surface area contributed by atoms with Crippen molar-refractivity contribution in [1.29, 1.82) is 0 Å². The first kappa shape index (κ1) is 11.7. The van der Waals surface area contributed by atoms with Crippen molar-refractivity contribution in [1.82, 2.24) is 15.3 Å². The molecule has 0 aliphatic rings. The van der Waals surface area contributed by atoms with E-state index in [2.05, 4.69) is 31.2 Å². The zero-order valence-electron chi connectivity index (χ0n) is 8.90. The molecule has 2 rings (SSSR count). The van der Waals surface area contributed by atoms with Crippen LogP contribution in [0, 0.1) is 0 Å². The van der Waals surface area contributed by atoms with Gasteiger partial charge in [0.2, 0.25) is 0 Å². The van der Waals surface area contributed by atoms with E-state index >= 15 is 0 Å². The van der Waals surface area contributed by atoms with Gasteiger partial charge in [-0.15, -0.1) is 0 Å². The molecule has 0 saturated carbocycles. The fourth-order valence-electron chi connectivity index (χ4n) is 1.37. The Kier molecular flexibility index (Phi) is 3.43. The van der Waals surface area contributed by atoms with E-state index in [0.717, 1.165) is 5.69 Å². The maximum Gasteiger partial charge on any atom is 0.252 e. The molecule has 0 atom stereocenters. The number of H-pyrrole nitrogens is 1. The lowest BCUT2D eigenvalue weighted by atomic mass is 10.2. The van der Waals surface area contributed by atoms with Crippen LogP contribution in [0.1, 0.15) is 16.1 Å². The number of rotatable bonds is 3. The zero-order valence-corrected chi connectivity index (χ0v) is 10.5. The average Bonchev–Trinajstić information content (AvgIpc) is 2.82. The summed E-state index contributed by atoms with van der Waals surface area (Å²) in [5.74, 6) is -0.182. The Bertz CT molecular complexity index is 524. The molecule has 0 radical (unpaired) electrons. The molecule has 0 aliphatic carbocycles. The second kappa shape index (κ2) is 5.01. The highest BCUT2D eigenvalue weighted by atomic mass is 79.9. The number of aromatic nitrogens is 2. The van der Waals surface area contributed by atoms with Gasteiger partial charge in [0.1, 0.15) is 0 Å². The van der Waals surface area contributed by atoms with Crippen LogP contribution >= 0.6 is 15.9 Å². The number of anilines is 1. The molecule has 0 fully saturated rings. The number of imidazole rings is 1. The Hall–Kier alpha value is -1.82. The molecule has 2 aromatic rings. The number of carbonyl (C=O) groups excluding carboxylic acids is 1. The molecule has 0 saturated heterocycles. The van der Waals surface area contributed by atoms with Crippen LogP contribution in [0.2, 0.25) is 0 Å². The lowest BCUT2D eigenvalue weighted by Gasteiger charge is -2.06. The highest BCUT2D eigenvalue weighted by Gasteiger charge is 2.10. The van der Waals surface area contributed by atoms with E-state index in [0.29, 0.717) is 22.3 Å². The third-order valence-corrected chi connectivity index (χ3v) is 2.92. The smallest absolute Gasteiger partial charge is 0.252 e. The molecule has 0 spiro atoms. The predicted molar refractivity (Wildman–Crippen MR) is 68.3 cm³/mol. The third-order valence-electron chi connectivity index (χ3n) is 2.23. The number of amides is 1. The maximum absolute atomic E-state index is 11.9. The largest absolute Gasteiger partial charge is 0.399 e. The first-order valence-corrected chi connectivity index (χ1v) is 5.76. The summed E-state index contributed by atoms with van der Waals surface area (Å²) in [5.41, 5.74) is 7.56. The molecule has 1 amide bonds. The van der Waals surface area contributed by atoms with Crippen LogP contribution in [-0.2, 0) is 6.54 Å². The number of nitrogen functional groups attached to an aromatic ring is 1. The Morgan fingerprint density at radius 1 is 1.53 bits per heavy atom. The molecular weight excluding hydrogens is 284 g/mol. The van der Waals surface area contributed by atoms with Gasteiger partial charge in [0, 0.05) is 16.4 Å². The van der Waals surface area contributed by atoms with Crippen LogP contribution in [0.3, 0.4) is 0 Å². The van der Waals surface area contributed by atoms with Crippen molar-refractivity contribution < 1.29 is 4.79 Å². The van der Waals surface area contributed by atoms with Crippen molar-refractivity contribution in [2.75, 3.05) is 5.73 Å². The molecule has 0 aliphatic heterocycles. The summed E-state index contributed by atoms with van der Waals surface area (Å²) in [7, 11) is 0. The standard InChI is InChI=1S/C11H11BrN4O/c12-10-2-1-7(13)3-9(10)11(17)15-5-8-4-14-6-16-8/h1-4,6H,5,13H2,(H,14,16)(H,15,17). The van der Waals surface area contributed by atoms with Crippen LogP contribution in [0.15, 0.2) is 35.2 Å². The summed E-state index contributed by atoms with van der Waals surface area (Å²) in [6, 6.07) is 5.11. The van der Waals surface area contributed by atoms with E-state index in [1.165, 1.54) is 0 Å². The second-order valence-corrected chi connectivity index (χ2v) is 4.35. The lowest BCUT2D eigenvalue weighted by molar-refractivity contribution is 0.0949. The van der Waals surface area contributed by atoms with Gasteiger partial charge in [-0.1, -0.05) is 0 Å². The number of aromatic amines is 1. The van der Waals surface area contributed by atoms with Crippen molar-refractivity contribution in [2.45, 2.75) is 6.54 Å². The Morgan fingerprint density at radius 3 is 3.06 bits per heavy atom. The Balaban J connectivity index is 2.07. The minimum absolute atomic E-state index is 0.182. The van der Waals surface area contributed by atoms with Gasteiger partial charge in [0.25, 0.3) is 5.91 Å². The molecule has 0 bridgehead atoms. The van der Waals surface area contributed by atoms with Gasteiger partial charge in [-0.25, -0.2) is 4.98 Å². The minimum atomic E-state index is -0.182. The summed E-state index contributed by atoms with van der Waals surface area (Å²) in [5, 5.41) is 2.77. The van der Waals surface area contributed by atoms with E-state index < -0.39 is 0 Å². The molecule has 6 heteroatoms. The molecular formula is C11H11BrN4O. The van der Waals surface area contributed by atoms with Crippen molar-refractivity contribution in [2.24, 2.45) is 0 Å². The van der Waals surface area contributed by atoms with Gasteiger partial charge in [-0.3, -0.25) is 4.79 Å². The highest BCUT2D eigenvalue weighted by molar-refractivity contribution is 9.10. The summed E-state index contributed by atoms with van der Waals surface area (Å²) in [4.78, 5) is 18.7. The minimum Gasteiger partial charge on any atom is -0.399 e. The van der Waals surface area contributed by atoms with Crippen LogP contribution in [0.25, 0.3) is 0 Å².